The monoisotopic (exact) mass is 339 g/mol. The van der Waals surface area contributed by atoms with E-state index >= 15 is 0 Å². The van der Waals surface area contributed by atoms with Gasteiger partial charge in [0, 0.05) is 0 Å². The fraction of sp³-hybridized carbons (Fsp3) is 0.222. The van der Waals surface area contributed by atoms with Crippen molar-refractivity contribution in [1.29, 1.82) is 0 Å². The summed E-state index contributed by atoms with van der Waals surface area (Å²) in [5.41, 5.74) is 0. The van der Waals surface area contributed by atoms with E-state index in [0.717, 1.165) is 18.2 Å². The van der Waals surface area contributed by atoms with Gasteiger partial charge in [-0.25, -0.2) is 13.1 Å². The van der Waals surface area contributed by atoms with Crippen molar-refractivity contribution in [2.24, 2.45) is 0 Å². The van der Waals surface area contributed by atoms with Gasteiger partial charge in [0.25, 0.3) is 0 Å². The van der Waals surface area contributed by atoms with Crippen LogP contribution in [-0.4, -0.2) is 35.7 Å². The first-order chi connectivity index (χ1) is 9.88. The Kier molecular flexibility index (Phi) is 4.65. The lowest BCUT2D eigenvalue weighted by Gasteiger charge is -2.09. The SMILES string of the molecule is O=S(=O)(NCc1nn[nH]n1)c1ccc(OC(F)F)c(Cl)c1. The van der Waals surface area contributed by atoms with Crippen LogP contribution in [0.15, 0.2) is 23.1 Å². The summed E-state index contributed by atoms with van der Waals surface area (Å²) >= 11 is 5.69. The van der Waals surface area contributed by atoms with Crippen molar-refractivity contribution in [3.05, 3.63) is 29.0 Å². The topological polar surface area (TPSA) is 110 Å². The zero-order chi connectivity index (χ0) is 15.5. The van der Waals surface area contributed by atoms with E-state index in [9.17, 15) is 17.2 Å². The molecule has 0 aliphatic carbocycles. The van der Waals surface area contributed by atoms with Crippen molar-refractivity contribution >= 4 is 21.6 Å². The van der Waals surface area contributed by atoms with E-state index in [-0.39, 0.29) is 28.0 Å². The number of ether oxygens (including phenoxy) is 1. The molecule has 0 saturated carbocycles. The van der Waals surface area contributed by atoms with E-state index in [1.807, 2.05) is 0 Å². The molecule has 2 N–H and O–H groups in total. The van der Waals surface area contributed by atoms with E-state index in [0.29, 0.717) is 0 Å². The number of tetrazole rings is 1. The maximum Gasteiger partial charge on any atom is 0.387 e. The number of rotatable bonds is 6. The van der Waals surface area contributed by atoms with E-state index < -0.39 is 16.6 Å². The highest BCUT2D eigenvalue weighted by Crippen LogP contribution is 2.28. The summed E-state index contributed by atoms with van der Waals surface area (Å²) in [6, 6.07) is 3.12. The second-order valence-corrected chi connectivity index (χ2v) is 5.80. The first kappa shape index (κ1) is 15.5. The molecule has 0 atom stereocenters. The molecule has 2 aromatic rings. The minimum absolute atomic E-state index is 0.141. The molecule has 0 radical (unpaired) electrons. The second-order valence-electron chi connectivity index (χ2n) is 3.62. The summed E-state index contributed by atoms with van der Waals surface area (Å²) in [4.78, 5) is -0.211. The third-order valence-corrected chi connectivity index (χ3v) is 3.93. The highest BCUT2D eigenvalue weighted by Gasteiger charge is 2.18. The van der Waals surface area contributed by atoms with Crippen LogP contribution in [0.2, 0.25) is 5.02 Å². The maximum absolute atomic E-state index is 12.1. The van der Waals surface area contributed by atoms with Crippen molar-refractivity contribution in [1.82, 2.24) is 25.3 Å². The van der Waals surface area contributed by atoms with Gasteiger partial charge in [-0.15, -0.1) is 10.2 Å². The van der Waals surface area contributed by atoms with Gasteiger partial charge in [-0.3, -0.25) is 0 Å². The lowest BCUT2D eigenvalue weighted by molar-refractivity contribution is -0.0498. The standard InChI is InChI=1S/C9H8ClF2N5O3S/c10-6-3-5(1-2-7(6)20-9(11)12)21(18,19)13-4-8-14-16-17-15-8/h1-3,9,13H,4H2,(H,14,15,16,17). The van der Waals surface area contributed by atoms with Crippen LogP contribution in [0.25, 0.3) is 0 Å². The van der Waals surface area contributed by atoms with Gasteiger partial charge in [-0.1, -0.05) is 16.8 Å². The fourth-order valence-electron chi connectivity index (χ4n) is 1.34. The molecule has 0 saturated heterocycles. The smallest absolute Gasteiger partial charge is 0.387 e. The number of aromatic nitrogens is 4. The van der Waals surface area contributed by atoms with Crippen molar-refractivity contribution < 1.29 is 21.9 Å². The van der Waals surface area contributed by atoms with Gasteiger partial charge in [0.05, 0.1) is 16.5 Å². The number of nitrogens with zero attached hydrogens (tertiary/aromatic N) is 3. The Morgan fingerprint density at radius 3 is 2.76 bits per heavy atom. The minimum atomic E-state index is -3.90. The Morgan fingerprint density at radius 2 is 2.19 bits per heavy atom. The highest BCUT2D eigenvalue weighted by molar-refractivity contribution is 7.89. The van der Waals surface area contributed by atoms with Gasteiger partial charge in [0.2, 0.25) is 10.0 Å². The van der Waals surface area contributed by atoms with E-state index in [1.54, 1.807) is 0 Å². The summed E-state index contributed by atoms with van der Waals surface area (Å²) in [5, 5.41) is 12.3. The summed E-state index contributed by atoms with van der Waals surface area (Å²) < 4.78 is 54.4. The normalized spacial score (nSPS) is 11.8. The number of alkyl halides is 2. The molecule has 0 amide bonds. The van der Waals surface area contributed by atoms with Crippen LogP contribution >= 0.6 is 11.6 Å². The average molecular weight is 340 g/mol. The van der Waals surface area contributed by atoms with Crippen molar-refractivity contribution in [3.63, 3.8) is 0 Å². The number of sulfonamides is 1. The van der Waals surface area contributed by atoms with Crippen LogP contribution in [0, 0.1) is 0 Å². The first-order valence-electron chi connectivity index (χ1n) is 5.35. The summed E-state index contributed by atoms with van der Waals surface area (Å²) in [7, 11) is -3.90. The van der Waals surface area contributed by atoms with Gasteiger partial charge in [0.1, 0.15) is 5.75 Å². The molecule has 114 valence electrons. The molecule has 1 aromatic carbocycles. The van der Waals surface area contributed by atoms with Crippen LogP contribution in [-0.2, 0) is 16.6 Å². The first-order valence-corrected chi connectivity index (χ1v) is 7.21. The van der Waals surface area contributed by atoms with Gasteiger partial charge in [-0.2, -0.15) is 14.0 Å². The average Bonchev–Trinajstić information content (AvgIpc) is 2.91. The van der Waals surface area contributed by atoms with Crippen LogP contribution in [0.3, 0.4) is 0 Å². The number of hydrogen-bond donors (Lipinski definition) is 2. The molecule has 0 spiro atoms. The van der Waals surface area contributed by atoms with Gasteiger partial charge >= 0.3 is 6.61 Å². The van der Waals surface area contributed by atoms with Crippen molar-refractivity contribution in [2.45, 2.75) is 18.1 Å². The Bertz CT molecular complexity index is 710. The summed E-state index contributed by atoms with van der Waals surface area (Å²) in [5.74, 6) is -0.175. The Morgan fingerprint density at radius 1 is 1.43 bits per heavy atom. The number of halogens is 3. The van der Waals surface area contributed by atoms with Crippen LogP contribution < -0.4 is 9.46 Å². The Hall–Kier alpha value is -1.85. The van der Waals surface area contributed by atoms with Crippen molar-refractivity contribution in [3.8, 4) is 5.75 Å². The van der Waals surface area contributed by atoms with Gasteiger partial charge in [0.15, 0.2) is 5.82 Å². The van der Waals surface area contributed by atoms with E-state index in [2.05, 4.69) is 30.1 Å². The zero-order valence-electron chi connectivity index (χ0n) is 10.1. The molecular weight excluding hydrogens is 332 g/mol. The molecule has 0 fully saturated rings. The summed E-state index contributed by atoms with van der Waals surface area (Å²) in [6.45, 7) is -3.24. The molecule has 21 heavy (non-hydrogen) atoms. The van der Waals surface area contributed by atoms with E-state index in [1.165, 1.54) is 0 Å². The Balaban J connectivity index is 2.14. The molecule has 0 aliphatic rings. The quantitative estimate of drug-likeness (QED) is 0.810. The molecule has 1 aromatic heterocycles. The molecule has 0 aliphatic heterocycles. The largest absolute Gasteiger partial charge is 0.433 e. The molecular formula is C9H8ClF2N5O3S. The third-order valence-electron chi connectivity index (χ3n) is 2.24. The molecule has 0 unspecified atom stereocenters. The number of aromatic amines is 1. The molecule has 12 heteroatoms. The molecule has 1 heterocycles. The minimum Gasteiger partial charge on any atom is -0.433 e. The predicted octanol–water partition coefficient (Wildman–Crippen LogP) is 0.933. The maximum atomic E-state index is 12.1. The fourth-order valence-corrected chi connectivity index (χ4v) is 2.64. The lowest BCUT2D eigenvalue weighted by atomic mass is 10.3. The lowest BCUT2D eigenvalue weighted by Crippen LogP contribution is -2.24. The molecule has 2 rings (SSSR count). The van der Waals surface area contributed by atoms with Crippen LogP contribution in [0.4, 0.5) is 8.78 Å². The van der Waals surface area contributed by atoms with Gasteiger partial charge in [-0.05, 0) is 18.2 Å². The molecule has 0 bridgehead atoms. The highest BCUT2D eigenvalue weighted by atomic mass is 35.5. The number of benzene rings is 1. The zero-order valence-corrected chi connectivity index (χ0v) is 11.7. The number of H-pyrrole nitrogens is 1. The number of nitrogens with one attached hydrogen (secondary N) is 2. The van der Waals surface area contributed by atoms with E-state index in [4.69, 9.17) is 11.6 Å². The summed E-state index contributed by atoms with van der Waals surface area (Å²) in [6.07, 6.45) is 0. The third kappa shape index (κ3) is 4.06. The Labute approximate surface area is 122 Å². The molecule has 8 nitrogen and oxygen atoms in total. The van der Waals surface area contributed by atoms with Gasteiger partial charge < -0.3 is 4.74 Å². The number of hydrogen-bond acceptors (Lipinski definition) is 6. The van der Waals surface area contributed by atoms with Crippen LogP contribution in [0.1, 0.15) is 5.82 Å². The predicted molar refractivity (Wildman–Crippen MR) is 66.3 cm³/mol. The van der Waals surface area contributed by atoms with Crippen molar-refractivity contribution in [2.75, 3.05) is 0 Å². The van der Waals surface area contributed by atoms with Crippen LogP contribution in [0.5, 0.6) is 5.75 Å². The second kappa shape index (κ2) is 6.28.